The van der Waals surface area contributed by atoms with Gasteiger partial charge in [-0.25, -0.2) is 4.39 Å². The Morgan fingerprint density at radius 2 is 1.66 bits per heavy atom. The maximum absolute atomic E-state index is 13.4. The molecule has 0 aliphatic rings. The molecule has 0 heterocycles. The molecule has 4 aromatic carbocycles. The van der Waals surface area contributed by atoms with Gasteiger partial charge in [-0.05, 0) is 40.6 Å². The molecule has 0 aliphatic heterocycles. The van der Waals surface area contributed by atoms with Crippen LogP contribution in [-0.4, -0.2) is 11.0 Å². The molecule has 0 fully saturated rings. The van der Waals surface area contributed by atoms with E-state index in [0.29, 0.717) is 5.56 Å². The molecule has 3 nitrogen and oxygen atoms in total. The van der Waals surface area contributed by atoms with Crippen molar-refractivity contribution in [3.63, 3.8) is 0 Å². The lowest BCUT2D eigenvalue weighted by atomic mass is 9.92. The number of carbonyl (C=O) groups is 1. The Balaban J connectivity index is 1.84. The fourth-order valence-electron chi connectivity index (χ4n) is 3.44. The van der Waals surface area contributed by atoms with Crippen molar-refractivity contribution in [1.29, 1.82) is 0 Å². The van der Waals surface area contributed by atoms with Crippen LogP contribution in [0.1, 0.15) is 27.5 Å². The predicted molar refractivity (Wildman–Crippen MR) is 113 cm³/mol. The highest BCUT2D eigenvalue weighted by atomic mass is 35.5. The Morgan fingerprint density at radius 3 is 2.41 bits per heavy atom. The Hall–Kier alpha value is -3.37. The maximum Gasteiger partial charge on any atom is 0.253 e. The minimum absolute atomic E-state index is 0.0245. The molecule has 144 valence electrons. The van der Waals surface area contributed by atoms with E-state index in [1.165, 1.54) is 12.1 Å². The number of phenolic OH excluding ortho intramolecular Hbond substituents is 1. The number of benzene rings is 4. The van der Waals surface area contributed by atoms with Crippen molar-refractivity contribution in [2.75, 3.05) is 0 Å². The molecule has 0 saturated heterocycles. The molecule has 1 atom stereocenters. The van der Waals surface area contributed by atoms with Gasteiger partial charge in [0.2, 0.25) is 0 Å². The van der Waals surface area contributed by atoms with Crippen molar-refractivity contribution in [3.8, 4) is 5.75 Å². The summed E-state index contributed by atoms with van der Waals surface area (Å²) in [6.45, 7) is 0. The van der Waals surface area contributed by atoms with Gasteiger partial charge in [0.05, 0.1) is 16.6 Å². The number of hydrogen-bond acceptors (Lipinski definition) is 2. The van der Waals surface area contributed by atoms with E-state index in [2.05, 4.69) is 5.32 Å². The van der Waals surface area contributed by atoms with Crippen molar-refractivity contribution < 1.29 is 14.3 Å². The van der Waals surface area contributed by atoms with Crippen LogP contribution in [0, 0.1) is 5.82 Å². The van der Waals surface area contributed by atoms with Gasteiger partial charge in [-0.3, -0.25) is 4.79 Å². The zero-order valence-electron chi connectivity index (χ0n) is 15.3. The molecule has 29 heavy (non-hydrogen) atoms. The van der Waals surface area contributed by atoms with Crippen LogP contribution in [0.2, 0.25) is 5.02 Å². The number of nitrogens with one attached hydrogen (secondary N) is 1. The average molecular weight is 406 g/mol. The summed E-state index contributed by atoms with van der Waals surface area (Å²) in [5, 5.41) is 15.4. The molecule has 0 spiro atoms. The smallest absolute Gasteiger partial charge is 0.253 e. The molecule has 0 aromatic heterocycles. The van der Waals surface area contributed by atoms with Crippen LogP contribution in [0.3, 0.4) is 0 Å². The first-order valence-corrected chi connectivity index (χ1v) is 9.44. The Morgan fingerprint density at radius 1 is 0.931 bits per heavy atom. The van der Waals surface area contributed by atoms with Crippen LogP contribution in [-0.2, 0) is 0 Å². The van der Waals surface area contributed by atoms with Gasteiger partial charge in [0.1, 0.15) is 11.6 Å². The third-order valence-corrected chi connectivity index (χ3v) is 5.13. The molecule has 4 rings (SSSR count). The Bertz CT molecular complexity index is 1190. The summed E-state index contributed by atoms with van der Waals surface area (Å²) in [5.74, 6) is -0.905. The first kappa shape index (κ1) is 19.0. The summed E-state index contributed by atoms with van der Waals surface area (Å²) in [7, 11) is 0. The molecule has 1 amide bonds. The quantitative estimate of drug-likeness (QED) is 0.447. The van der Waals surface area contributed by atoms with E-state index in [1.807, 2.05) is 60.7 Å². The normalized spacial score (nSPS) is 11.9. The molecule has 0 aliphatic carbocycles. The Labute approximate surface area is 172 Å². The van der Waals surface area contributed by atoms with Gasteiger partial charge in [-0.1, -0.05) is 72.3 Å². The fraction of sp³-hybridized carbons (Fsp3) is 0.0417. The summed E-state index contributed by atoms with van der Waals surface area (Å²) in [5.41, 5.74) is 1.54. The lowest BCUT2D eigenvalue weighted by Gasteiger charge is -2.23. The zero-order chi connectivity index (χ0) is 20.4. The van der Waals surface area contributed by atoms with Gasteiger partial charge in [0.15, 0.2) is 0 Å². The molecule has 2 N–H and O–H groups in total. The largest absolute Gasteiger partial charge is 0.508 e. The Kier molecular flexibility index (Phi) is 5.19. The summed E-state index contributed by atoms with van der Waals surface area (Å²) in [4.78, 5) is 13.0. The number of aromatic hydroxyl groups is 1. The van der Waals surface area contributed by atoms with Crippen molar-refractivity contribution in [1.82, 2.24) is 5.32 Å². The second-order valence-corrected chi connectivity index (χ2v) is 7.07. The highest BCUT2D eigenvalue weighted by Crippen LogP contribution is 2.36. The van der Waals surface area contributed by atoms with E-state index in [0.717, 1.165) is 22.4 Å². The highest BCUT2D eigenvalue weighted by molar-refractivity contribution is 6.33. The molecular formula is C24H17ClFNO2. The van der Waals surface area contributed by atoms with E-state index in [9.17, 15) is 14.3 Å². The summed E-state index contributed by atoms with van der Waals surface area (Å²) >= 11 is 6.08. The molecule has 0 radical (unpaired) electrons. The van der Waals surface area contributed by atoms with Gasteiger partial charge in [0, 0.05) is 5.56 Å². The highest BCUT2D eigenvalue weighted by Gasteiger charge is 2.24. The van der Waals surface area contributed by atoms with Gasteiger partial charge < -0.3 is 10.4 Å². The van der Waals surface area contributed by atoms with Crippen molar-refractivity contribution >= 4 is 28.3 Å². The van der Waals surface area contributed by atoms with E-state index in [4.69, 9.17) is 11.6 Å². The molecule has 0 saturated carbocycles. The van der Waals surface area contributed by atoms with Crippen molar-refractivity contribution in [3.05, 3.63) is 112 Å². The summed E-state index contributed by atoms with van der Waals surface area (Å²) < 4.78 is 13.4. The van der Waals surface area contributed by atoms with E-state index >= 15 is 0 Å². The number of rotatable bonds is 4. The number of fused-ring (bicyclic) bond motifs is 1. The first-order chi connectivity index (χ1) is 14.0. The van der Waals surface area contributed by atoms with Crippen LogP contribution in [0.5, 0.6) is 5.75 Å². The maximum atomic E-state index is 13.4. The summed E-state index contributed by atoms with van der Waals surface area (Å²) in [6, 6.07) is 23.4. The monoisotopic (exact) mass is 405 g/mol. The number of hydrogen-bond donors (Lipinski definition) is 2. The topological polar surface area (TPSA) is 49.3 Å². The number of phenols is 1. The van der Waals surface area contributed by atoms with Gasteiger partial charge >= 0.3 is 0 Å². The minimum Gasteiger partial charge on any atom is -0.508 e. The molecule has 5 heteroatoms. The minimum atomic E-state index is -0.629. The zero-order valence-corrected chi connectivity index (χ0v) is 16.0. The third kappa shape index (κ3) is 3.80. The average Bonchev–Trinajstić information content (AvgIpc) is 2.73. The van der Waals surface area contributed by atoms with Gasteiger partial charge in [0.25, 0.3) is 5.91 Å². The van der Waals surface area contributed by atoms with Crippen LogP contribution in [0.25, 0.3) is 10.8 Å². The van der Waals surface area contributed by atoms with Crippen molar-refractivity contribution in [2.24, 2.45) is 0 Å². The lowest BCUT2D eigenvalue weighted by Crippen LogP contribution is -2.29. The number of carbonyl (C=O) groups excluding carboxylic acids is 1. The molecule has 0 bridgehead atoms. The van der Waals surface area contributed by atoms with E-state index in [1.54, 1.807) is 6.07 Å². The molecule has 4 aromatic rings. The van der Waals surface area contributed by atoms with Crippen LogP contribution in [0.15, 0.2) is 84.9 Å². The third-order valence-electron chi connectivity index (χ3n) is 4.82. The lowest BCUT2D eigenvalue weighted by molar-refractivity contribution is 0.0943. The molecular weight excluding hydrogens is 389 g/mol. The van der Waals surface area contributed by atoms with Crippen molar-refractivity contribution in [2.45, 2.75) is 6.04 Å². The van der Waals surface area contributed by atoms with Crippen LogP contribution in [0.4, 0.5) is 4.39 Å². The molecule has 1 unspecified atom stereocenters. The van der Waals surface area contributed by atoms with Gasteiger partial charge in [-0.15, -0.1) is 0 Å². The van der Waals surface area contributed by atoms with E-state index in [-0.39, 0.29) is 16.3 Å². The second kappa shape index (κ2) is 7.94. The number of amides is 1. The summed E-state index contributed by atoms with van der Waals surface area (Å²) in [6.07, 6.45) is 0. The van der Waals surface area contributed by atoms with E-state index < -0.39 is 17.8 Å². The standard InChI is InChI=1S/C24H17ClFNO2/c25-20-14-17(26)11-12-19(20)24(29)27-23(16-7-2-1-3-8-16)22-18-9-5-4-6-15(18)10-13-21(22)28/h1-14,23,28H,(H,27,29). The first-order valence-electron chi connectivity index (χ1n) is 9.06. The van der Waals surface area contributed by atoms with Gasteiger partial charge in [-0.2, -0.15) is 0 Å². The fourth-order valence-corrected chi connectivity index (χ4v) is 3.69. The van der Waals surface area contributed by atoms with Crippen LogP contribution >= 0.6 is 11.6 Å². The van der Waals surface area contributed by atoms with Crippen LogP contribution < -0.4 is 5.32 Å². The SMILES string of the molecule is O=C(NC(c1ccccc1)c1c(O)ccc2ccccc12)c1ccc(F)cc1Cl. The second-order valence-electron chi connectivity index (χ2n) is 6.66. The number of halogens is 2. The predicted octanol–water partition coefficient (Wildman–Crippen LogP) is 5.86.